The van der Waals surface area contributed by atoms with Crippen LogP contribution in [0.25, 0.3) is 0 Å². The smallest absolute Gasteiger partial charge is 0.244 e. The molecule has 0 unspecified atom stereocenters. The Morgan fingerprint density at radius 1 is 1.28 bits per heavy atom. The number of nitrogens with zero attached hydrogens (tertiary/aromatic N) is 1. The van der Waals surface area contributed by atoms with Crippen molar-refractivity contribution in [1.82, 2.24) is 10.2 Å². The first-order valence-corrected chi connectivity index (χ1v) is 6.04. The Kier molecular flexibility index (Phi) is 3.94. The third-order valence-electron chi connectivity index (χ3n) is 3.05. The minimum atomic E-state index is -0.653. The molecule has 0 spiro atoms. The van der Waals surface area contributed by atoms with Gasteiger partial charge < -0.3 is 16.0 Å². The summed E-state index contributed by atoms with van der Waals surface area (Å²) in [6.07, 6.45) is 0.341. The molecule has 1 aliphatic rings. The van der Waals surface area contributed by atoms with E-state index < -0.39 is 6.04 Å². The second-order valence-electron chi connectivity index (χ2n) is 4.31. The minimum Gasteiger partial charge on any atom is -0.354 e. The van der Waals surface area contributed by atoms with E-state index in [1.54, 1.807) is 4.90 Å². The number of nitrogens with one attached hydrogen (secondary N) is 1. The van der Waals surface area contributed by atoms with Gasteiger partial charge in [-0.3, -0.25) is 9.59 Å². The molecule has 0 aromatic heterocycles. The molecule has 0 saturated carbocycles. The summed E-state index contributed by atoms with van der Waals surface area (Å²) in [5.74, 6) is -0.142. The Morgan fingerprint density at radius 2 is 2.00 bits per heavy atom. The molecule has 1 heterocycles. The number of carbonyl (C=O) groups excluding carboxylic acids is 2. The number of carbonyl (C=O) groups is 2. The lowest BCUT2D eigenvalue weighted by molar-refractivity contribution is -0.132. The summed E-state index contributed by atoms with van der Waals surface area (Å²) in [4.78, 5) is 25.1. The van der Waals surface area contributed by atoms with Crippen LogP contribution in [0, 0.1) is 0 Å². The molecular formula is C13H17N3O2. The molecule has 5 heteroatoms. The van der Waals surface area contributed by atoms with Crippen LogP contribution in [0.15, 0.2) is 30.3 Å². The maximum atomic E-state index is 12.2. The Balaban J connectivity index is 2.04. The highest BCUT2D eigenvalue weighted by atomic mass is 16.2. The van der Waals surface area contributed by atoms with Gasteiger partial charge in [0.15, 0.2) is 0 Å². The van der Waals surface area contributed by atoms with Gasteiger partial charge in [-0.2, -0.15) is 0 Å². The number of rotatable bonds is 2. The van der Waals surface area contributed by atoms with Crippen LogP contribution in [0.2, 0.25) is 0 Å². The lowest BCUT2D eigenvalue weighted by atomic mass is 10.1. The molecule has 1 aromatic carbocycles. The zero-order valence-electron chi connectivity index (χ0n) is 10.1. The summed E-state index contributed by atoms with van der Waals surface area (Å²) in [6.45, 7) is 1.45. The van der Waals surface area contributed by atoms with Gasteiger partial charge in [0, 0.05) is 26.1 Å². The van der Waals surface area contributed by atoms with Crippen molar-refractivity contribution in [2.24, 2.45) is 5.73 Å². The van der Waals surface area contributed by atoms with Gasteiger partial charge in [-0.1, -0.05) is 30.3 Å². The van der Waals surface area contributed by atoms with E-state index >= 15 is 0 Å². The monoisotopic (exact) mass is 247 g/mol. The highest BCUT2D eigenvalue weighted by molar-refractivity contribution is 5.84. The first-order chi connectivity index (χ1) is 8.68. The first kappa shape index (κ1) is 12.6. The molecule has 1 saturated heterocycles. The topological polar surface area (TPSA) is 75.4 Å². The lowest BCUT2D eigenvalue weighted by Crippen LogP contribution is -2.40. The van der Waals surface area contributed by atoms with Gasteiger partial charge in [0.2, 0.25) is 11.8 Å². The SMILES string of the molecule is N[C@@H](C(=O)N1CCNC(=O)CC1)c1ccccc1. The van der Waals surface area contributed by atoms with Crippen LogP contribution in [0.1, 0.15) is 18.0 Å². The molecule has 1 fully saturated rings. The standard InChI is InChI=1S/C13H17N3O2/c14-12(10-4-2-1-3-5-10)13(18)16-8-6-11(17)15-7-9-16/h1-5,12H,6-9,14H2,(H,15,17)/t12-/m1/s1. The van der Waals surface area contributed by atoms with Gasteiger partial charge in [-0.25, -0.2) is 0 Å². The maximum absolute atomic E-state index is 12.2. The van der Waals surface area contributed by atoms with E-state index in [4.69, 9.17) is 5.73 Å². The van der Waals surface area contributed by atoms with Crippen LogP contribution in [0.4, 0.5) is 0 Å². The van der Waals surface area contributed by atoms with Crippen molar-refractivity contribution in [1.29, 1.82) is 0 Å². The molecule has 0 radical (unpaired) electrons. The zero-order chi connectivity index (χ0) is 13.0. The van der Waals surface area contributed by atoms with E-state index in [2.05, 4.69) is 5.32 Å². The fraction of sp³-hybridized carbons (Fsp3) is 0.385. The second kappa shape index (κ2) is 5.64. The summed E-state index contributed by atoms with van der Waals surface area (Å²) in [6, 6.07) is 8.62. The van der Waals surface area contributed by atoms with Crippen molar-refractivity contribution in [3.8, 4) is 0 Å². The third-order valence-corrected chi connectivity index (χ3v) is 3.05. The Morgan fingerprint density at radius 3 is 2.72 bits per heavy atom. The molecule has 2 rings (SSSR count). The first-order valence-electron chi connectivity index (χ1n) is 6.04. The minimum absolute atomic E-state index is 0.0152. The highest BCUT2D eigenvalue weighted by Crippen LogP contribution is 2.13. The average molecular weight is 247 g/mol. The van der Waals surface area contributed by atoms with Crippen LogP contribution < -0.4 is 11.1 Å². The maximum Gasteiger partial charge on any atom is 0.244 e. The van der Waals surface area contributed by atoms with E-state index in [0.29, 0.717) is 26.1 Å². The number of benzene rings is 1. The van der Waals surface area contributed by atoms with Gasteiger partial charge in [0.1, 0.15) is 6.04 Å². The van der Waals surface area contributed by atoms with E-state index in [1.165, 1.54) is 0 Å². The van der Waals surface area contributed by atoms with Gasteiger partial charge in [-0.05, 0) is 5.56 Å². The summed E-state index contributed by atoms with van der Waals surface area (Å²) in [5, 5.41) is 2.73. The summed E-state index contributed by atoms with van der Waals surface area (Å²) < 4.78 is 0. The number of hydrogen-bond donors (Lipinski definition) is 2. The number of nitrogens with two attached hydrogens (primary N) is 1. The summed E-state index contributed by atoms with van der Waals surface area (Å²) >= 11 is 0. The van der Waals surface area contributed by atoms with Gasteiger partial charge in [0.25, 0.3) is 0 Å². The van der Waals surface area contributed by atoms with E-state index in [-0.39, 0.29) is 11.8 Å². The average Bonchev–Trinajstić information content (AvgIpc) is 2.63. The number of hydrogen-bond acceptors (Lipinski definition) is 3. The molecule has 2 amide bonds. The van der Waals surface area contributed by atoms with Crippen molar-refractivity contribution in [3.05, 3.63) is 35.9 Å². The van der Waals surface area contributed by atoms with Gasteiger partial charge in [0.05, 0.1) is 0 Å². The summed E-state index contributed by atoms with van der Waals surface area (Å²) in [7, 11) is 0. The Hall–Kier alpha value is -1.88. The van der Waals surface area contributed by atoms with Crippen LogP contribution in [0.5, 0.6) is 0 Å². The van der Waals surface area contributed by atoms with Gasteiger partial charge in [-0.15, -0.1) is 0 Å². The van der Waals surface area contributed by atoms with Crippen molar-refractivity contribution in [3.63, 3.8) is 0 Å². The van der Waals surface area contributed by atoms with Crippen molar-refractivity contribution < 1.29 is 9.59 Å². The fourth-order valence-corrected chi connectivity index (χ4v) is 1.99. The Bertz CT molecular complexity index is 433. The molecule has 1 aliphatic heterocycles. The third kappa shape index (κ3) is 2.87. The van der Waals surface area contributed by atoms with E-state index in [9.17, 15) is 9.59 Å². The Labute approximate surface area is 106 Å². The van der Waals surface area contributed by atoms with Crippen LogP contribution in [0.3, 0.4) is 0 Å². The molecule has 18 heavy (non-hydrogen) atoms. The molecule has 5 nitrogen and oxygen atoms in total. The van der Waals surface area contributed by atoms with Crippen LogP contribution >= 0.6 is 0 Å². The van der Waals surface area contributed by atoms with E-state index in [1.807, 2.05) is 30.3 Å². The predicted molar refractivity (Wildman–Crippen MR) is 67.6 cm³/mol. The predicted octanol–water partition coefficient (Wildman–Crippen LogP) is 0.0349. The van der Waals surface area contributed by atoms with Gasteiger partial charge >= 0.3 is 0 Å². The highest BCUT2D eigenvalue weighted by Gasteiger charge is 2.24. The van der Waals surface area contributed by atoms with Crippen LogP contribution in [-0.4, -0.2) is 36.3 Å². The van der Waals surface area contributed by atoms with Crippen molar-refractivity contribution in [2.45, 2.75) is 12.5 Å². The molecule has 96 valence electrons. The normalized spacial score (nSPS) is 17.8. The molecule has 3 N–H and O–H groups in total. The molecule has 1 aromatic rings. The quantitative estimate of drug-likeness (QED) is 0.774. The van der Waals surface area contributed by atoms with E-state index in [0.717, 1.165) is 5.56 Å². The molecule has 0 bridgehead atoms. The zero-order valence-corrected chi connectivity index (χ0v) is 10.1. The molecular weight excluding hydrogens is 230 g/mol. The second-order valence-corrected chi connectivity index (χ2v) is 4.31. The number of amides is 2. The van der Waals surface area contributed by atoms with Crippen molar-refractivity contribution >= 4 is 11.8 Å². The van der Waals surface area contributed by atoms with Crippen molar-refractivity contribution in [2.75, 3.05) is 19.6 Å². The lowest BCUT2D eigenvalue weighted by Gasteiger charge is -2.23. The fourth-order valence-electron chi connectivity index (χ4n) is 1.99. The van der Waals surface area contributed by atoms with Crippen LogP contribution in [-0.2, 0) is 9.59 Å². The molecule has 1 atom stereocenters. The molecule has 0 aliphatic carbocycles. The largest absolute Gasteiger partial charge is 0.354 e. The summed E-state index contributed by atoms with van der Waals surface area (Å²) in [5.41, 5.74) is 6.76.